The molecule has 0 aliphatic carbocycles. The van der Waals surface area contributed by atoms with E-state index in [1.807, 2.05) is 48.5 Å². The topological polar surface area (TPSA) is 84.9 Å². The Balaban J connectivity index is 2.68. The minimum atomic E-state index is -0.779. The number of carboxylic acids is 1. The van der Waals surface area contributed by atoms with Crippen molar-refractivity contribution in [3.8, 4) is 0 Å². The van der Waals surface area contributed by atoms with Crippen molar-refractivity contribution in [3.63, 3.8) is 0 Å². The molecular formula is C17H32BNO5. The monoisotopic (exact) mass is 341 g/mol. The first-order valence-corrected chi connectivity index (χ1v) is 8.76. The van der Waals surface area contributed by atoms with E-state index >= 15 is 0 Å². The van der Waals surface area contributed by atoms with Crippen LogP contribution in [0.2, 0.25) is 0 Å². The van der Waals surface area contributed by atoms with Gasteiger partial charge in [-0.05, 0) is 46.5 Å². The molecule has 138 valence electrons. The van der Waals surface area contributed by atoms with Crippen LogP contribution in [-0.4, -0.2) is 41.2 Å². The van der Waals surface area contributed by atoms with Crippen LogP contribution >= 0.6 is 0 Å². The molecule has 1 fully saturated rings. The van der Waals surface area contributed by atoms with E-state index in [1.54, 1.807) is 0 Å². The minimum absolute atomic E-state index is 0.0313. The first kappa shape index (κ1) is 21.0. The Kier molecular flexibility index (Phi) is 6.88. The highest BCUT2D eigenvalue weighted by molar-refractivity contribution is 6.47. The van der Waals surface area contributed by atoms with E-state index < -0.39 is 24.3 Å². The number of carboxylic acid groups (broad SMARTS) is 1. The average Bonchev–Trinajstić information content (AvgIpc) is 2.66. The van der Waals surface area contributed by atoms with E-state index in [2.05, 4.69) is 5.32 Å². The lowest BCUT2D eigenvalue weighted by molar-refractivity contribution is -0.138. The molecule has 1 rings (SSSR count). The second kappa shape index (κ2) is 7.87. The minimum Gasteiger partial charge on any atom is -0.481 e. The predicted molar refractivity (Wildman–Crippen MR) is 93.5 cm³/mol. The Morgan fingerprint density at radius 3 is 2.21 bits per heavy atom. The molecule has 6 nitrogen and oxygen atoms in total. The summed E-state index contributed by atoms with van der Waals surface area (Å²) in [5.74, 6) is -1.08. The number of carbonyl (C=O) groups excluding carboxylic acids is 1. The van der Waals surface area contributed by atoms with Gasteiger partial charge in [-0.2, -0.15) is 0 Å². The largest absolute Gasteiger partial charge is 0.481 e. The van der Waals surface area contributed by atoms with E-state index in [1.165, 1.54) is 0 Å². The number of aliphatic carboxylic acids is 1. The fraction of sp³-hybridized carbons (Fsp3) is 0.882. The molecule has 1 amide bonds. The molecule has 3 unspecified atom stereocenters. The maximum atomic E-state index is 11.9. The standard InChI is InChI=1S/C17H32BNO5/c1-11(2)15(22)19-13(4)18-23-16(5,6)17(7,24-18)9-8-12(3)10-14(20)21/h11-13H,8-10H2,1-7H3,(H,19,22)(H,20,21). The predicted octanol–water partition coefficient (Wildman–Crippen LogP) is 2.65. The third kappa shape index (κ3) is 5.21. The van der Waals surface area contributed by atoms with Crippen molar-refractivity contribution in [2.75, 3.05) is 0 Å². The maximum Gasteiger partial charge on any atom is 0.481 e. The van der Waals surface area contributed by atoms with Gasteiger partial charge in [-0.1, -0.05) is 20.8 Å². The van der Waals surface area contributed by atoms with Gasteiger partial charge in [0, 0.05) is 12.3 Å². The van der Waals surface area contributed by atoms with E-state index in [4.69, 9.17) is 14.4 Å². The van der Waals surface area contributed by atoms with E-state index in [-0.39, 0.29) is 30.1 Å². The zero-order valence-electron chi connectivity index (χ0n) is 16.0. The summed E-state index contributed by atoms with van der Waals surface area (Å²) >= 11 is 0. The quantitative estimate of drug-likeness (QED) is 0.663. The second-order valence-corrected chi connectivity index (χ2v) is 8.04. The lowest BCUT2D eigenvalue weighted by Gasteiger charge is -2.37. The highest BCUT2D eigenvalue weighted by Gasteiger charge is 2.55. The Bertz CT molecular complexity index is 468. The average molecular weight is 341 g/mol. The Morgan fingerprint density at radius 1 is 1.12 bits per heavy atom. The van der Waals surface area contributed by atoms with Crippen LogP contribution in [0.3, 0.4) is 0 Å². The number of carbonyl (C=O) groups is 2. The van der Waals surface area contributed by atoms with Gasteiger partial charge in [0.2, 0.25) is 5.91 Å². The Morgan fingerprint density at radius 2 is 1.71 bits per heavy atom. The van der Waals surface area contributed by atoms with Crippen LogP contribution in [0.15, 0.2) is 0 Å². The summed E-state index contributed by atoms with van der Waals surface area (Å²) in [6, 6.07) is 0. The van der Waals surface area contributed by atoms with Gasteiger partial charge in [-0.25, -0.2) is 0 Å². The fourth-order valence-electron chi connectivity index (χ4n) is 2.78. The molecule has 3 atom stereocenters. The van der Waals surface area contributed by atoms with Gasteiger partial charge in [0.1, 0.15) is 0 Å². The number of nitrogens with one attached hydrogen (secondary N) is 1. The van der Waals surface area contributed by atoms with Crippen molar-refractivity contribution < 1.29 is 24.0 Å². The van der Waals surface area contributed by atoms with Crippen molar-refractivity contribution in [3.05, 3.63) is 0 Å². The Labute approximate surface area is 145 Å². The van der Waals surface area contributed by atoms with Crippen molar-refractivity contribution in [1.82, 2.24) is 5.32 Å². The highest BCUT2D eigenvalue weighted by Crippen LogP contribution is 2.42. The SMILES string of the molecule is CC(CCC1(C)OB(C(C)NC(=O)C(C)C)OC1(C)C)CC(=O)O. The van der Waals surface area contributed by atoms with Crippen LogP contribution in [0, 0.1) is 11.8 Å². The molecule has 24 heavy (non-hydrogen) atoms. The summed E-state index contributed by atoms with van der Waals surface area (Å²) in [5.41, 5.74) is -1.04. The Hall–Kier alpha value is -1.08. The van der Waals surface area contributed by atoms with Crippen molar-refractivity contribution in [1.29, 1.82) is 0 Å². The third-order valence-electron chi connectivity index (χ3n) is 5.00. The van der Waals surface area contributed by atoms with Gasteiger partial charge in [-0.15, -0.1) is 0 Å². The van der Waals surface area contributed by atoms with Gasteiger partial charge < -0.3 is 19.7 Å². The van der Waals surface area contributed by atoms with Crippen LogP contribution < -0.4 is 5.32 Å². The molecule has 2 N–H and O–H groups in total. The van der Waals surface area contributed by atoms with Gasteiger partial charge >= 0.3 is 13.1 Å². The van der Waals surface area contributed by atoms with E-state index in [0.29, 0.717) is 6.42 Å². The molecule has 0 bridgehead atoms. The molecule has 0 aromatic heterocycles. The van der Waals surface area contributed by atoms with Gasteiger partial charge in [0.25, 0.3) is 0 Å². The molecule has 7 heteroatoms. The molecule has 0 aromatic carbocycles. The number of hydrogen-bond acceptors (Lipinski definition) is 4. The van der Waals surface area contributed by atoms with Crippen molar-refractivity contribution in [2.45, 2.75) is 84.9 Å². The zero-order chi connectivity index (χ0) is 18.7. The zero-order valence-corrected chi connectivity index (χ0v) is 16.0. The fourth-order valence-corrected chi connectivity index (χ4v) is 2.78. The van der Waals surface area contributed by atoms with Crippen LogP contribution in [0.5, 0.6) is 0 Å². The van der Waals surface area contributed by atoms with E-state index in [9.17, 15) is 9.59 Å². The molecule has 0 radical (unpaired) electrons. The smallest absolute Gasteiger partial charge is 0.481 e. The first-order valence-electron chi connectivity index (χ1n) is 8.76. The number of amides is 1. The second-order valence-electron chi connectivity index (χ2n) is 8.04. The molecule has 1 aliphatic heterocycles. The van der Waals surface area contributed by atoms with Crippen LogP contribution in [0.1, 0.15) is 67.7 Å². The van der Waals surface area contributed by atoms with Gasteiger partial charge in [0.15, 0.2) is 0 Å². The van der Waals surface area contributed by atoms with Gasteiger partial charge in [-0.3, -0.25) is 9.59 Å². The summed E-state index contributed by atoms with van der Waals surface area (Å²) < 4.78 is 12.2. The van der Waals surface area contributed by atoms with Crippen LogP contribution in [-0.2, 0) is 18.9 Å². The molecule has 1 heterocycles. The van der Waals surface area contributed by atoms with Crippen LogP contribution in [0.4, 0.5) is 0 Å². The maximum absolute atomic E-state index is 11.9. The van der Waals surface area contributed by atoms with Gasteiger partial charge in [0.05, 0.1) is 17.1 Å². The normalized spacial score (nSPS) is 25.6. The molecule has 0 spiro atoms. The summed E-state index contributed by atoms with van der Waals surface area (Å²) in [5, 5.41) is 11.8. The van der Waals surface area contributed by atoms with Crippen molar-refractivity contribution >= 4 is 19.0 Å². The van der Waals surface area contributed by atoms with Crippen molar-refractivity contribution in [2.24, 2.45) is 11.8 Å². The lowest BCUT2D eigenvalue weighted by Crippen LogP contribution is -2.47. The summed E-state index contributed by atoms with van der Waals surface area (Å²) in [4.78, 5) is 22.7. The lowest BCUT2D eigenvalue weighted by atomic mass is 9.79. The molecule has 1 saturated heterocycles. The first-order chi connectivity index (χ1) is 10.9. The summed E-state index contributed by atoms with van der Waals surface area (Å²) in [7, 11) is -0.512. The number of rotatable bonds is 8. The highest BCUT2D eigenvalue weighted by atomic mass is 16.7. The molecule has 0 saturated carbocycles. The summed E-state index contributed by atoms with van der Waals surface area (Å²) in [6.45, 7) is 13.4. The third-order valence-corrected chi connectivity index (χ3v) is 5.00. The molecular weight excluding hydrogens is 309 g/mol. The number of hydrogen-bond donors (Lipinski definition) is 2. The molecule has 1 aliphatic rings. The summed E-state index contributed by atoms with van der Waals surface area (Å²) in [6.07, 6.45) is 1.60. The van der Waals surface area contributed by atoms with Crippen LogP contribution in [0.25, 0.3) is 0 Å². The van der Waals surface area contributed by atoms with E-state index in [0.717, 1.165) is 6.42 Å². The molecule has 0 aromatic rings.